The van der Waals surface area contributed by atoms with Gasteiger partial charge >= 0.3 is 13.1 Å². The second kappa shape index (κ2) is 6.96. The number of nitrogens with zero attached hydrogens (tertiary/aromatic N) is 2. The van der Waals surface area contributed by atoms with Crippen LogP contribution in [-0.4, -0.2) is 39.7 Å². The summed E-state index contributed by atoms with van der Waals surface area (Å²) in [5.74, 6) is 0. The van der Waals surface area contributed by atoms with E-state index in [9.17, 15) is 14.8 Å². The maximum absolute atomic E-state index is 11.7. The van der Waals surface area contributed by atoms with Crippen LogP contribution in [0.3, 0.4) is 0 Å². The van der Waals surface area contributed by atoms with Crippen LogP contribution in [0.2, 0.25) is 0 Å². The van der Waals surface area contributed by atoms with Crippen LogP contribution in [0.4, 0.5) is 9.93 Å². The van der Waals surface area contributed by atoms with E-state index in [2.05, 4.69) is 20.6 Å². The fraction of sp³-hybridized carbons (Fsp3) is 0.133. The van der Waals surface area contributed by atoms with Crippen LogP contribution >= 0.6 is 11.3 Å². The number of anilines is 1. The maximum atomic E-state index is 11.7. The van der Waals surface area contributed by atoms with Gasteiger partial charge in [-0.15, -0.1) is 0 Å². The molecule has 0 fully saturated rings. The summed E-state index contributed by atoms with van der Waals surface area (Å²) in [4.78, 5) is 20.3. The van der Waals surface area contributed by atoms with Crippen molar-refractivity contribution in [2.24, 2.45) is 0 Å². The topological polar surface area (TPSA) is 107 Å². The lowest BCUT2D eigenvalue weighted by Gasteiger charge is -2.05. The van der Waals surface area contributed by atoms with Gasteiger partial charge in [0.25, 0.3) is 0 Å². The summed E-state index contributed by atoms with van der Waals surface area (Å²) in [6.45, 7) is 2.34. The molecule has 4 N–H and O–H groups in total. The Morgan fingerprint density at radius 1 is 1.33 bits per heavy atom. The van der Waals surface area contributed by atoms with E-state index in [0.29, 0.717) is 28.3 Å². The molecule has 0 aliphatic heterocycles. The number of carbonyl (C=O) groups is 1. The highest BCUT2D eigenvalue weighted by atomic mass is 32.1. The number of thiazole rings is 1. The van der Waals surface area contributed by atoms with E-state index in [1.54, 1.807) is 24.4 Å². The zero-order chi connectivity index (χ0) is 17.1. The molecule has 122 valence electrons. The van der Waals surface area contributed by atoms with Crippen LogP contribution in [-0.2, 0) is 0 Å². The summed E-state index contributed by atoms with van der Waals surface area (Å²) in [6.07, 6.45) is 1.66. The summed E-state index contributed by atoms with van der Waals surface area (Å²) < 4.78 is 0.810. The SMILES string of the molecule is CCNC(=O)Nc1nc2cc(B(O)O)cc(-c3ccccn3)c2s1. The first kappa shape index (κ1) is 16.4. The lowest BCUT2D eigenvalue weighted by molar-refractivity contribution is 0.252. The molecule has 1 aromatic carbocycles. The minimum absolute atomic E-state index is 0.318. The number of aromatic nitrogens is 2. The van der Waals surface area contributed by atoms with Crippen molar-refractivity contribution >= 4 is 45.3 Å². The van der Waals surface area contributed by atoms with Gasteiger partial charge in [-0.25, -0.2) is 9.78 Å². The number of fused-ring (bicyclic) bond motifs is 1. The van der Waals surface area contributed by atoms with Crippen LogP contribution in [0.5, 0.6) is 0 Å². The van der Waals surface area contributed by atoms with Crippen molar-refractivity contribution in [2.45, 2.75) is 6.92 Å². The highest BCUT2D eigenvalue weighted by Gasteiger charge is 2.18. The zero-order valence-corrected chi connectivity index (χ0v) is 13.7. The normalized spacial score (nSPS) is 10.6. The lowest BCUT2D eigenvalue weighted by Crippen LogP contribution is -2.29. The van der Waals surface area contributed by atoms with E-state index >= 15 is 0 Å². The molecule has 9 heteroatoms. The number of hydrogen-bond acceptors (Lipinski definition) is 6. The molecule has 0 unspecified atom stereocenters. The van der Waals surface area contributed by atoms with E-state index in [0.717, 1.165) is 10.3 Å². The number of nitrogens with one attached hydrogen (secondary N) is 2. The molecule has 0 bridgehead atoms. The standard InChI is InChI=1S/C15H15BN4O3S/c1-2-17-14(21)20-15-19-12-8-9(16(22)23)7-10(13(12)24-15)11-5-3-4-6-18-11/h3-8,22-23H,2H2,1H3,(H2,17,19,20,21). The van der Waals surface area contributed by atoms with Crippen molar-refractivity contribution in [3.63, 3.8) is 0 Å². The number of benzene rings is 1. The molecule has 2 aromatic heterocycles. The summed E-state index contributed by atoms with van der Waals surface area (Å²) >= 11 is 1.31. The smallest absolute Gasteiger partial charge is 0.423 e. The molecular formula is C15H15BN4O3S. The average molecular weight is 342 g/mol. The second-order valence-corrected chi connectivity index (χ2v) is 6.01. The van der Waals surface area contributed by atoms with Gasteiger partial charge in [0, 0.05) is 18.3 Å². The Bertz CT molecular complexity index is 870. The van der Waals surface area contributed by atoms with Gasteiger partial charge in [0.05, 0.1) is 15.9 Å². The Kier molecular flexibility index (Phi) is 4.75. The van der Waals surface area contributed by atoms with Crippen LogP contribution < -0.4 is 16.1 Å². The molecule has 3 aromatic rings. The highest BCUT2D eigenvalue weighted by molar-refractivity contribution is 7.22. The molecular weight excluding hydrogens is 327 g/mol. The monoisotopic (exact) mass is 342 g/mol. The maximum Gasteiger partial charge on any atom is 0.488 e. The van der Waals surface area contributed by atoms with Crippen LogP contribution in [0.1, 0.15) is 6.92 Å². The van der Waals surface area contributed by atoms with Gasteiger partial charge in [0.2, 0.25) is 0 Å². The molecule has 0 aliphatic carbocycles. The van der Waals surface area contributed by atoms with Gasteiger partial charge < -0.3 is 15.4 Å². The van der Waals surface area contributed by atoms with Crippen molar-refractivity contribution in [1.82, 2.24) is 15.3 Å². The Labute approximate surface area is 142 Å². The van der Waals surface area contributed by atoms with Crippen LogP contribution in [0, 0.1) is 0 Å². The third-order valence-electron chi connectivity index (χ3n) is 3.31. The van der Waals surface area contributed by atoms with Crippen molar-refractivity contribution in [3.05, 3.63) is 36.5 Å². The summed E-state index contributed by atoms with van der Waals surface area (Å²) in [5.41, 5.74) is 2.31. The van der Waals surface area contributed by atoms with Crippen LogP contribution in [0.15, 0.2) is 36.5 Å². The van der Waals surface area contributed by atoms with Gasteiger partial charge in [-0.1, -0.05) is 23.5 Å². The summed E-state index contributed by atoms with van der Waals surface area (Å²) in [5, 5.41) is 24.8. The lowest BCUT2D eigenvalue weighted by atomic mass is 9.79. The van der Waals surface area contributed by atoms with Gasteiger partial charge in [-0.2, -0.15) is 0 Å². The number of hydrogen-bond donors (Lipinski definition) is 4. The van der Waals surface area contributed by atoms with E-state index in [4.69, 9.17) is 0 Å². The average Bonchev–Trinajstić information content (AvgIpc) is 2.96. The molecule has 0 aliphatic rings. The number of rotatable bonds is 4. The minimum atomic E-state index is -1.61. The molecule has 2 amide bonds. The molecule has 0 spiro atoms. The summed E-state index contributed by atoms with van der Waals surface area (Å²) in [7, 11) is -1.61. The number of pyridine rings is 1. The number of urea groups is 1. The third-order valence-corrected chi connectivity index (χ3v) is 4.33. The second-order valence-electron chi connectivity index (χ2n) is 5.01. The van der Waals surface area contributed by atoms with E-state index in [-0.39, 0.29) is 6.03 Å². The molecule has 0 atom stereocenters. The molecule has 3 rings (SSSR count). The molecule has 0 saturated heterocycles. The fourth-order valence-corrected chi connectivity index (χ4v) is 3.23. The van der Waals surface area contributed by atoms with Crippen LogP contribution in [0.25, 0.3) is 21.5 Å². The first-order valence-corrected chi connectivity index (χ1v) is 8.17. The molecule has 7 nitrogen and oxygen atoms in total. The van der Waals surface area contributed by atoms with Gasteiger partial charge in [-0.3, -0.25) is 10.3 Å². The highest BCUT2D eigenvalue weighted by Crippen LogP contribution is 2.33. The van der Waals surface area contributed by atoms with Gasteiger partial charge in [0.1, 0.15) is 0 Å². The van der Waals surface area contributed by atoms with Gasteiger partial charge in [-0.05, 0) is 30.6 Å². The quantitative estimate of drug-likeness (QED) is 0.533. The first-order valence-electron chi connectivity index (χ1n) is 7.35. The molecule has 2 heterocycles. The predicted molar refractivity (Wildman–Crippen MR) is 95.4 cm³/mol. The number of carbonyl (C=O) groups excluding carboxylic acids is 1. The number of amides is 2. The Morgan fingerprint density at radius 2 is 2.17 bits per heavy atom. The van der Waals surface area contributed by atoms with E-state index in [1.807, 2.05) is 19.1 Å². The Morgan fingerprint density at radius 3 is 2.83 bits per heavy atom. The largest absolute Gasteiger partial charge is 0.488 e. The molecule has 0 radical (unpaired) electrons. The van der Waals surface area contributed by atoms with Crippen molar-refractivity contribution in [2.75, 3.05) is 11.9 Å². The molecule has 24 heavy (non-hydrogen) atoms. The Balaban J connectivity index is 2.11. The summed E-state index contributed by atoms with van der Waals surface area (Å²) in [6, 6.07) is 8.41. The molecule has 0 saturated carbocycles. The van der Waals surface area contributed by atoms with Crippen molar-refractivity contribution < 1.29 is 14.8 Å². The predicted octanol–water partition coefficient (Wildman–Crippen LogP) is 1.18. The Hall–Kier alpha value is -2.49. The first-order chi connectivity index (χ1) is 11.6. The minimum Gasteiger partial charge on any atom is -0.423 e. The van der Waals surface area contributed by atoms with Gasteiger partial charge in [0.15, 0.2) is 5.13 Å². The zero-order valence-electron chi connectivity index (χ0n) is 12.9. The van der Waals surface area contributed by atoms with Crippen molar-refractivity contribution in [1.29, 1.82) is 0 Å². The van der Waals surface area contributed by atoms with E-state index < -0.39 is 7.12 Å². The van der Waals surface area contributed by atoms with Crippen molar-refractivity contribution in [3.8, 4) is 11.3 Å². The third kappa shape index (κ3) is 3.38. The van der Waals surface area contributed by atoms with E-state index in [1.165, 1.54) is 11.3 Å². The fourth-order valence-electron chi connectivity index (χ4n) is 2.27.